The van der Waals surface area contributed by atoms with E-state index in [9.17, 15) is 9.59 Å². The van der Waals surface area contributed by atoms with Gasteiger partial charge in [0, 0.05) is 24.9 Å². The van der Waals surface area contributed by atoms with Crippen LogP contribution >= 0.6 is 0 Å². The highest BCUT2D eigenvalue weighted by molar-refractivity contribution is 5.86. The van der Waals surface area contributed by atoms with Crippen LogP contribution in [0, 0.1) is 12.3 Å². The molecule has 1 atom stereocenters. The summed E-state index contributed by atoms with van der Waals surface area (Å²) >= 11 is 0. The van der Waals surface area contributed by atoms with E-state index < -0.39 is 11.4 Å². The molecule has 1 aliphatic heterocycles. The van der Waals surface area contributed by atoms with Crippen molar-refractivity contribution in [3.63, 3.8) is 0 Å². The normalized spacial score (nSPS) is 21.9. The number of carbonyl (C=O) groups excluding carboxylic acids is 1. The van der Waals surface area contributed by atoms with E-state index in [0.29, 0.717) is 6.54 Å². The first-order valence-corrected chi connectivity index (χ1v) is 6.88. The predicted octanol–water partition coefficient (Wildman–Crippen LogP) is 1.79. The number of carboxylic acids is 1. The van der Waals surface area contributed by atoms with Crippen LogP contribution in [0.5, 0.6) is 0 Å². The third-order valence-electron chi connectivity index (χ3n) is 4.09. The molecule has 1 saturated heterocycles. The number of hydrogen-bond acceptors (Lipinski definition) is 3. The fourth-order valence-electron chi connectivity index (χ4n) is 2.59. The van der Waals surface area contributed by atoms with E-state index in [1.165, 1.54) is 0 Å². The van der Waals surface area contributed by atoms with Crippen LogP contribution in [0.15, 0.2) is 24.3 Å². The molecule has 0 bridgehead atoms. The van der Waals surface area contributed by atoms with Crippen molar-refractivity contribution < 1.29 is 14.7 Å². The summed E-state index contributed by atoms with van der Waals surface area (Å²) in [5, 5.41) is 8.66. The summed E-state index contributed by atoms with van der Waals surface area (Å²) < 4.78 is 0. The van der Waals surface area contributed by atoms with E-state index in [1.54, 1.807) is 6.08 Å². The number of amides is 1. The maximum Gasteiger partial charge on any atom is 0.328 e. The van der Waals surface area contributed by atoms with Gasteiger partial charge in [-0.1, -0.05) is 6.07 Å². The second kappa shape index (κ2) is 5.60. The Kier molecular flexibility index (Phi) is 4.02. The standard InChI is InChI=1S/C16H20N2O3/c1-11-9-13(5-3-12(11)4-6-14(19)20)18-8-7-16(2,10-18)15(17)21/h3-6,9H,7-8,10H2,1-2H3,(H2,17,21)(H,19,20)/b6-4+. The van der Waals surface area contributed by atoms with E-state index in [-0.39, 0.29) is 5.91 Å². The number of nitrogens with two attached hydrogens (primary N) is 1. The topological polar surface area (TPSA) is 83.6 Å². The molecule has 21 heavy (non-hydrogen) atoms. The van der Waals surface area contributed by atoms with Crippen LogP contribution in [0.2, 0.25) is 0 Å². The minimum absolute atomic E-state index is 0.261. The summed E-state index contributed by atoms with van der Waals surface area (Å²) in [7, 11) is 0. The number of aliphatic carboxylic acids is 1. The quantitative estimate of drug-likeness (QED) is 0.827. The van der Waals surface area contributed by atoms with Crippen molar-refractivity contribution in [1.29, 1.82) is 0 Å². The molecule has 3 N–H and O–H groups in total. The molecule has 1 aliphatic rings. The first-order chi connectivity index (χ1) is 9.82. The molecule has 1 amide bonds. The molecule has 5 heteroatoms. The summed E-state index contributed by atoms with van der Waals surface area (Å²) in [4.78, 5) is 24.2. The van der Waals surface area contributed by atoms with Crippen LogP contribution in [-0.2, 0) is 9.59 Å². The van der Waals surface area contributed by atoms with Gasteiger partial charge in [0.2, 0.25) is 5.91 Å². The van der Waals surface area contributed by atoms with Gasteiger partial charge in [-0.3, -0.25) is 4.79 Å². The lowest BCUT2D eigenvalue weighted by Gasteiger charge is -2.23. The highest BCUT2D eigenvalue weighted by Crippen LogP contribution is 2.33. The van der Waals surface area contributed by atoms with Gasteiger partial charge in [0.25, 0.3) is 0 Å². The molecule has 0 radical (unpaired) electrons. The van der Waals surface area contributed by atoms with E-state index in [4.69, 9.17) is 10.8 Å². The molecule has 1 aromatic rings. The molecule has 1 unspecified atom stereocenters. The van der Waals surface area contributed by atoms with Gasteiger partial charge < -0.3 is 15.7 Å². The van der Waals surface area contributed by atoms with Gasteiger partial charge >= 0.3 is 5.97 Å². The molecule has 0 aliphatic carbocycles. The Morgan fingerprint density at radius 2 is 2.14 bits per heavy atom. The Hall–Kier alpha value is -2.30. The minimum Gasteiger partial charge on any atom is -0.478 e. The number of nitrogens with zero attached hydrogens (tertiary/aromatic N) is 1. The molecule has 1 aromatic carbocycles. The van der Waals surface area contributed by atoms with Crippen molar-refractivity contribution in [2.45, 2.75) is 20.3 Å². The van der Waals surface area contributed by atoms with Gasteiger partial charge in [-0.25, -0.2) is 4.79 Å². The van der Waals surface area contributed by atoms with Gasteiger partial charge in [-0.05, 0) is 49.6 Å². The van der Waals surface area contributed by atoms with Crippen molar-refractivity contribution in [2.75, 3.05) is 18.0 Å². The van der Waals surface area contributed by atoms with E-state index in [0.717, 1.165) is 35.9 Å². The number of carboxylic acid groups (broad SMARTS) is 1. The second-order valence-corrected chi connectivity index (χ2v) is 5.81. The van der Waals surface area contributed by atoms with Gasteiger partial charge in [-0.15, -0.1) is 0 Å². The molecule has 1 fully saturated rings. The molecule has 5 nitrogen and oxygen atoms in total. The first kappa shape index (κ1) is 15.1. The van der Waals surface area contributed by atoms with Crippen LogP contribution < -0.4 is 10.6 Å². The zero-order valence-electron chi connectivity index (χ0n) is 12.3. The highest BCUT2D eigenvalue weighted by Gasteiger charge is 2.38. The molecular formula is C16H20N2O3. The lowest BCUT2D eigenvalue weighted by molar-refractivity contribution is -0.131. The zero-order chi connectivity index (χ0) is 15.6. The number of hydrogen-bond donors (Lipinski definition) is 2. The predicted molar refractivity (Wildman–Crippen MR) is 82.0 cm³/mol. The van der Waals surface area contributed by atoms with Crippen LogP contribution in [0.25, 0.3) is 6.08 Å². The van der Waals surface area contributed by atoms with Crippen LogP contribution in [0.1, 0.15) is 24.5 Å². The summed E-state index contributed by atoms with van der Waals surface area (Å²) in [6, 6.07) is 5.85. The number of primary amides is 1. The molecule has 0 aromatic heterocycles. The lowest BCUT2D eigenvalue weighted by atomic mass is 9.89. The Morgan fingerprint density at radius 3 is 2.67 bits per heavy atom. The van der Waals surface area contributed by atoms with Crippen molar-refractivity contribution in [1.82, 2.24) is 0 Å². The van der Waals surface area contributed by atoms with E-state index >= 15 is 0 Å². The van der Waals surface area contributed by atoms with Crippen LogP contribution in [0.4, 0.5) is 5.69 Å². The Bertz CT molecular complexity index is 610. The molecule has 2 rings (SSSR count). The van der Waals surface area contributed by atoms with Gasteiger partial charge in [0.05, 0.1) is 5.41 Å². The van der Waals surface area contributed by atoms with E-state index in [1.807, 2.05) is 32.0 Å². The minimum atomic E-state index is -0.963. The maximum absolute atomic E-state index is 11.5. The van der Waals surface area contributed by atoms with E-state index in [2.05, 4.69) is 4.90 Å². The third kappa shape index (κ3) is 3.24. The van der Waals surface area contributed by atoms with Gasteiger partial charge in [-0.2, -0.15) is 0 Å². The van der Waals surface area contributed by atoms with Crippen molar-refractivity contribution >= 4 is 23.6 Å². The fourth-order valence-corrected chi connectivity index (χ4v) is 2.59. The SMILES string of the molecule is Cc1cc(N2CCC(C)(C(N)=O)C2)ccc1/C=C/C(=O)O. The average molecular weight is 288 g/mol. The number of rotatable bonds is 4. The number of carbonyl (C=O) groups is 2. The maximum atomic E-state index is 11.5. The molecule has 1 heterocycles. The average Bonchev–Trinajstić information content (AvgIpc) is 2.81. The molecule has 0 spiro atoms. The smallest absolute Gasteiger partial charge is 0.328 e. The summed E-state index contributed by atoms with van der Waals surface area (Å²) in [5.41, 5.74) is 7.89. The number of anilines is 1. The summed E-state index contributed by atoms with van der Waals surface area (Å²) in [6.07, 6.45) is 3.46. The van der Waals surface area contributed by atoms with Crippen molar-refractivity contribution in [3.8, 4) is 0 Å². The van der Waals surface area contributed by atoms with Crippen molar-refractivity contribution in [3.05, 3.63) is 35.4 Å². The third-order valence-corrected chi connectivity index (χ3v) is 4.09. The van der Waals surface area contributed by atoms with Crippen LogP contribution in [-0.4, -0.2) is 30.1 Å². The molecule has 0 saturated carbocycles. The second-order valence-electron chi connectivity index (χ2n) is 5.81. The summed E-state index contributed by atoms with van der Waals surface area (Å²) in [5.74, 6) is -1.22. The van der Waals surface area contributed by atoms with Gasteiger partial charge in [0.15, 0.2) is 0 Å². The number of aryl methyl sites for hydroxylation is 1. The first-order valence-electron chi connectivity index (χ1n) is 6.88. The van der Waals surface area contributed by atoms with Crippen LogP contribution in [0.3, 0.4) is 0 Å². The Morgan fingerprint density at radius 1 is 1.43 bits per heavy atom. The van der Waals surface area contributed by atoms with Crippen molar-refractivity contribution in [2.24, 2.45) is 11.1 Å². The monoisotopic (exact) mass is 288 g/mol. The Labute approximate surface area is 124 Å². The van der Waals surface area contributed by atoms with Gasteiger partial charge in [0.1, 0.15) is 0 Å². The Balaban J connectivity index is 2.18. The lowest BCUT2D eigenvalue weighted by Crippen LogP contribution is -2.37. The zero-order valence-corrected chi connectivity index (χ0v) is 12.3. The molecular weight excluding hydrogens is 268 g/mol. The largest absolute Gasteiger partial charge is 0.478 e. The fraction of sp³-hybridized carbons (Fsp3) is 0.375. The number of benzene rings is 1. The molecule has 112 valence electrons. The summed E-state index contributed by atoms with van der Waals surface area (Å²) in [6.45, 7) is 5.25. The highest BCUT2D eigenvalue weighted by atomic mass is 16.4.